The van der Waals surface area contributed by atoms with Gasteiger partial charge < -0.3 is 19.5 Å². The number of rotatable bonds is 6. The number of ether oxygens (including phenoxy) is 3. The molecular formula is C16H25NO3. The van der Waals surface area contributed by atoms with Crippen LogP contribution in [0.15, 0.2) is 18.2 Å². The summed E-state index contributed by atoms with van der Waals surface area (Å²) in [5, 5.41) is 3.46. The number of hydrogen-bond donors (Lipinski definition) is 1. The first-order valence-electron chi connectivity index (χ1n) is 7.45. The fourth-order valence-corrected chi connectivity index (χ4v) is 2.20. The molecule has 112 valence electrons. The lowest BCUT2D eigenvalue weighted by Gasteiger charge is -2.21. The molecule has 1 aliphatic heterocycles. The maximum atomic E-state index is 5.75. The van der Waals surface area contributed by atoms with Crippen LogP contribution < -0.4 is 14.8 Å². The maximum Gasteiger partial charge on any atom is 0.161 e. The zero-order valence-corrected chi connectivity index (χ0v) is 12.6. The lowest BCUT2D eigenvalue weighted by molar-refractivity contribution is 0.0614. The fourth-order valence-electron chi connectivity index (χ4n) is 2.20. The summed E-state index contributed by atoms with van der Waals surface area (Å²) in [7, 11) is 0. The largest absolute Gasteiger partial charge is 0.490 e. The maximum absolute atomic E-state index is 5.75. The highest BCUT2D eigenvalue weighted by atomic mass is 16.5. The van der Waals surface area contributed by atoms with Crippen LogP contribution in [-0.4, -0.2) is 32.5 Å². The fraction of sp³-hybridized carbons (Fsp3) is 0.625. The highest BCUT2D eigenvalue weighted by molar-refractivity contribution is 5.44. The molecule has 0 aliphatic carbocycles. The van der Waals surface area contributed by atoms with E-state index in [2.05, 4.69) is 38.2 Å². The lowest BCUT2D eigenvalue weighted by Crippen LogP contribution is -2.26. The lowest BCUT2D eigenvalue weighted by atomic mass is 10.1. The first-order valence-corrected chi connectivity index (χ1v) is 7.45. The molecule has 1 aromatic rings. The second-order valence-electron chi connectivity index (χ2n) is 5.25. The predicted molar refractivity (Wildman–Crippen MR) is 79.6 cm³/mol. The minimum absolute atomic E-state index is 0.180. The standard InChI is InChI=1S/C16H25NO3/c1-4-17-14(11-20-12(2)3)13-6-7-15-16(10-13)19-9-5-8-18-15/h6-7,10,12,14,17H,4-5,8-9,11H2,1-3H3. The van der Waals surface area contributed by atoms with E-state index in [0.717, 1.165) is 31.1 Å². The van der Waals surface area contributed by atoms with Gasteiger partial charge in [0.15, 0.2) is 11.5 Å². The van der Waals surface area contributed by atoms with Gasteiger partial charge in [0.2, 0.25) is 0 Å². The molecule has 0 bridgehead atoms. The van der Waals surface area contributed by atoms with Crippen LogP contribution >= 0.6 is 0 Å². The number of hydrogen-bond acceptors (Lipinski definition) is 4. The SMILES string of the molecule is CCNC(COC(C)C)c1ccc2c(c1)OCCCO2. The summed E-state index contributed by atoms with van der Waals surface area (Å²) in [5.74, 6) is 1.68. The van der Waals surface area contributed by atoms with Crippen LogP contribution in [0.3, 0.4) is 0 Å². The third kappa shape index (κ3) is 4.12. The van der Waals surface area contributed by atoms with Crippen molar-refractivity contribution in [3.05, 3.63) is 23.8 Å². The van der Waals surface area contributed by atoms with Crippen LogP contribution in [0.25, 0.3) is 0 Å². The van der Waals surface area contributed by atoms with Crippen LogP contribution in [0.5, 0.6) is 11.5 Å². The summed E-state index contributed by atoms with van der Waals surface area (Å²) in [4.78, 5) is 0. The second-order valence-corrected chi connectivity index (χ2v) is 5.25. The van der Waals surface area contributed by atoms with Crippen LogP contribution in [0.4, 0.5) is 0 Å². The summed E-state index contributed by atoms with van der Waals surface area (Å²) < 4.78 is 17.2. The van der Waals surface area contributed by atoms with Gasteiger partial charge in [-0.2, -0.15) is 0 Å². The average Bonchev–Trinajstić information content (AvgIpc) is 2.67. The first kappa shape index (κ1) is 15.1. The Labute approximate surface area is 121 Å². The molecule has 1 heterocycles. The Morgan fingerprint density at radius 3 is 2.65 bits per heavy atom. The second kappa shape index (κ2) is 7.50. The normalized spacial score (nSPS) is 16.0. The van der Waals surface area contributed by atoms with Gasteiger partial charge in [-0.25, -0.2) is 0 Å². The Bertz CT molecular complexity index is 420. The van der Waals surface area contributed by atoms with Gasteiger partial charge >= 0.3 is 0 Å². The molecule has 1 aromatic carbocycles. The van der Waals surface area contributed by atoms with Crippen molar-refractivity contribution in [2.45, 2.75) is 39.3 Å². The van der Waals surface area contributed by atoms with E-state index in [9.17, 15) is 0 Å². The van der Waals surface area contributed by atoms with Gasteiger partial charge in [0.25, 0.3) is 0 Å². The Morgan fingerprint density at radius 1 is 1.20 bits per heavy atom. The molecule has 4 heteroatoms. The van der Waals surface area contributed by atoms with Gasteiger partial charge in [-0.05, 0) is 38.1 Å². The molecule has 20 heavy (non-hydrogen) atoms. The summed E-state index contributed by atoms with van der Waals surface area (Å²) in [6.07, 6.45) is 1.16. The molecule has 1 unspecified atom stereocenters. The number of fused-ring (bicyclic) bond motifs is 1. The zero-order chi connectivity index (χ0) is 14.4. The van der Waals surface area contributed by atoms with Gasteiger partial charge in [-0.15, -0.1) is 0 Å². The molecular weight excluding hydrogens is 254 g/mol. The van der Waals surface area contributed by atoms with Crippen LogP contribution in [0, 0.1) is 0 Å². The predicted octanol–water partition coefficient (Wildman–Crippen LogP) is 2.92. The highest BCUT2D eigenvalue weighted by Crippen LogP contribution is 2.32. The molecule has 0 saturated carbocycles. The summed E-state index contributed by atoms with van der Waals surface area (Å²) >= 11 is 0. The first-order chi connectivity index (χ1) is 9.70. The molecule has 2 rings (SSSR count). The minimum Gasteiger partial charge on any atom is -0.490 e. The van der Waals surface area contributed by atoms with E-state index in [1.165, 1.54) is 5.56 Å². The van der Waals surface area contributed by atoms with E-state index < -0.39 is 0 Å². The monoisotopic (exact) mass is 279 g/mol. The number of likely N-dealkylation sites (N-methyl/N-ethyl adjacent to an activating group) is 1. The molecule has 0 spiro atoms. The highest BCUT2D eigenvalue weighted by Gasteiger charge is 2.16. The van der Waals surface area contributed by atoms with Crippen LogP contribution in [0.1, 0.15) is 38.8 Å². The Morgan fingerprint density at radius 2 is 1.95 bits per heavy atom. The van der Waals surface area contributed by atoms with Gasteiger partial charge in [0, 0.05) is 6.42 Å². The van der Waals surface area contributed by atoms with E-state index in [1.54, 1.807) is 0 Å². The van der Waals surface area contributed by atoms with Crippen molar-refractivity contribution in [3.63, 3.8) is 0 Å². The van der Waals surface area contributed by atoms with Crippen molar-refractivity contribution < 1.29 is 14.2 Å². The Kier molecular flexibility index (Phi) is 5.68. The molecule has 0 aromatic heterocycles. The Hall–Kier alpha value is -1.26. The Balaban J connectivity index is 2.13. The topological polar surface area (TPSA) is 39.7 Å². The number of nitrogens with one attached hydrogen (secondary N) is 1. The zero-order valence-electron chi connectivity index (χ0n) is 12.6. The summed E-state index contributed by atoms with van der Waals surface area (Å²) in [6.45, 7) is 9.20. The average molecular weight is 279 g/mol. The third-order valence-corrected chi connectivity index (χ3v) is 3.22. The quantitative estimate of drug-likeness (QED) is 0.869. The van der Waals surface area contributed by atoms with Crippen molar-refractivity contribution in [1.29, 1.82) is 0 Å². The van der Waals surface area contributed by atoms with Crippen molar-refractivity contribution in [3.8, 4) is 11.5 Å². The molecule has 4 nitrogen and oxygen atoms in total. The van der Waals surface area contributed by atoms with E-state index in [-0.39, 0.29) is 12.1 Å². The summed E-state index contributed by atoms with van der Waals surface area (Å²) in [6, 6.07) is 6.33. The van der Waals surface area contributed by atoms with Gasteiger partial charge in [0.1, 0.15) is 0 Å². The van der Waals surface area contributed by atoms with E-state index >= 15 is 0 Å². The van der Waals surface area contributed by atoms with Gasteiger partial charge in [0.05, 0.1) is 32.0 Å². The van der Waals surface area contributed by atoms with Crippen LogP contribution in [0.2, 0.25) is 0 Å². The number of benzene rings is 1. The van der Waals surface area contributed by atoms with Crippen molar-refractivity contribution in [1.82, 2.24) is 5.32 Å². The van der Waals surface area contributed by atoms with E-state index in [1.807, 2.05) is 6.07 Å². The van der Waals surface area contributed by atoms with Crippen molar-refractivity contribution in [2.24, 2.45) is 0 Å². The summed E-state index contributed by atoms with van der Waals surface area (Å²) in [5.41, 5.74) is 1.18. The third-order valence-electron chi connectivity index (χ3n) is 3.22. The van der Waals surface area contributed by atoms with Gasteiger partial charge in [-0.3, -0.25) is 0 Å². The smallest absolute Gasteiger partial charge is 0.161 e. The van der Waals surface area contributed by atoms with Crippen molar-refractivity contribution >= 4 is 0 Å². The van der Waals surface area contributed by atoms with Crippen molar-refractivity contribution in [2.75, 3.05) is 26.4 Å². The molecule has 0 fully saturated rings. The molecule has 1 aliphatic rings. The minimum atomic E-state index is 0.180. The molecule has 0 radical (unpaired) electrons. The molecule has 1 N–H and O–H groups in total. The van der Waals surface area contributed by atoms with E-state index in [4.69, 9.17) is 14.2 Å². The van der Waals surface area contributed by atoms with Crippen LogP contribution in [-0.2, 0) is 4.74 Å². The molecule has 1 atom stereocenters. The molecule has 0 saturated heterocycles. The molecule has 0 amide bonds. The van der Waals surface area contributed by atoms with Gasteiger partial charge in [-0.1, -0.05) is 13.0 Å². The van der Waals surface area contributed by atoms with E-state index in [0.29, 0.717) is 13.2 Å².